The molecule has 1 aliphatic rings. The first-order chi connectivity index (χ1) is 9.19. The smallest absolute Gasteiger partial charge is 0.220 e. The predicted octanol–water partition coefficient (Wildman–Crippen LogP) is 0.149. The van der Waals surface area contributed by atoms with Crippen LogP contribution in [0.5, 0.6) is 0 Å². The van der Waals surface area contributed by atoms with E-state index >= 15 is 0 Å². The summed E-state index contributed by atoms with van der Waals surface area (Å²) in [5.41, 5.74) is 7.30. The van der Waals surface area contributed by atoms with Crippen molar-refractivity contribution in [2.45, 2.75) is 25.4 Å². The molecular weight excluding hydrogens is 244 g/mol. The summed E-state index contributed by atoms with van der Waals surface area (Å²) in [6.45, 7) is 1.35. The van der Waals surface area contributed by atoms with E-state index in [9.17, 15) is 4.79 Å². The molecule has 1 aromatic rings. The SMILES string of the molecule is NC(=NO)c1cccc(CNC2CCC(=O)NC2)c1. The second-order valence-corrected chi connectivity index (χ2v) is 4.61. The molecule has 0 saturated carbocycles. The molecule has 0 bridgehead atoms. The molecule has 1 fully saturated rings. The second-order valence-electron chi connectivity index (χ2n) is 4.61. The number of benzene rings is 1. The van der Waals surface area contributed by atoms with Crippen LogP contribution in [0.1, 0.15) is 24.0 Å². The maximum atomic E-state index is 11.0. The summed E-state index contributed by atoms with van der Waals surface area (Å²) in [6, 6.07) is 7.81. The molecule has 6 heteroatoms. The van der Waals surface area contributed by atoms with Crippen molar-refractivity contribution in [3.05, 3.63) is 35.4 Å². The van der Waals surface area contributed by atoms with Crippen LogP contribution >= 0.6 is 0 Å². The van der Waals surface area contributed by atoms with Crippen LogP contribution in [0, 0.1) is 0 Å². The number of amides is 1. The van der Waals surface area contributed by atoms with Crippen LogP contribution in [0.25, 0.3) is 0 Å². The highest BCUT2D eigenvalue weighted by Gasteiger charge is 2.16. The van der Waals surface area contributed by atoms with Crippen molar-refractivity contribution in [2.24, 2.45) is 10.9 Å². The molecule has 1 amide bonds. The molecule has 5 N–H and O–H groups in total. The first-order valence-corrected chi connectivity index (χ1v) is 6.26. The van der Waals surface area contributed by atoms with Gasteiger partial charge in [0.15, 0.2) is 5.84 Å². The molecule has 1 unspecified atom stereocenters. The largest absolute Gasteiger partial charge is 0.409 e. The fourth-order valence-electron chi connectivity index (χ4n) is 2.07. The highest BCUT2D eigenvalue weighted by atomic mass is 16.4. The van der Waals surface area contributed by atoms with Crippen LogP contribution < -0.4 is 16.4 Å². The molecule has 0 aliphatic carbocycles. The van der Waals surface area contributed by atoms with Gasteiger partial charge in [0, 0.05) is 31.1 Å². The molecule has 2 rings (SSSR count). The lowest BCUT2D eigenvalue weighted by molar-refractivity contribution is -0.122. The van der Waals surface area contributed by atoms with Crippen molar-refractivity contribution >= 4 is 11.7 Å². The van der Waals surface area contributed by atoms with Crippen LogP contribution in [0.2, 0.25) is 0 Å². The van der Waals surface area contributed by atoms with E-state index < -0.39 is 0 Å². The fourth-order valence-corrected chi connectivity index (χ4v) is 2.07. The summed E-state index contributed by atoms with van der Waals surface area (Å²) in [5.74, 6) is 0.221. The molecule has 6 nitrogen and oxygen atoms in total. The third-order valence-electron chi connectivity index (χ3n) is 3.19. The molecular formula is C13H18N4O2. The number of rotatable bonds is 4. The summed E-state index contributed by atoms with van der Waals surface area (Å²) in [5, 5.41) is 17.8. The Bertz CT molecular complexity index is 477. The van der Waals surface area contributed by atoms with Gasteiger partial charge >= 0.3 is 0 Å². The maximum absolute atomic E-state index is 11.0. The van der Waals surface area contributed by atoms with Gasteiger partial charge in [-0.05, 0) is 18.1 Å². The molecule has 1 aliphatic heterocycles. The third-order valence-corrected chi connectivity index (χ3v) is 3.19. The van der Waals surface area contributed by atoms with Gasteiger partial charge in [-0.1, -0.05) is 23.4 Å². The van der Waals surface area contributed by atoms with Gasteiger partial charge in [0.2, 0.25) is 5.91 Å². The molecule has 0 aromatic heterocycles. The molecule has 1 saturated heterocycles. The van der Waals surface area contributed by atoms with Gasteiger partial charge in [-0.25, -0.2) is 0 Å². The van der Waals surface area contributed by atoms with E-state index in [2.05, 4.69) is 15.8 Å². The predicted molar refractivity (Wildman–Crippen MR) is 71.8 cm³/mol. The van der Waals surface area contributed by atoms with Gasteiger partial charge in [0.05, 0.1) is 0 Å². The summed E-state index contributed by atoms with van der Waals surface area (Å²) >= 11 is 0. The number of piperidine rings is 1. The highest BCUT2D eigenvalue weighted by molar-refractivity contribution is 5.97. The Hall–Kier alpha value is -2.08. The topological polar surface area (TPSA) is 99.7 Å². The van der Waals surface area contributed by atoms with E-state index in [0.29, 0.717) is 31.1 Å². The van der Waals surface area contributed by atoms with E-state index in [1.165, 1.54) is 0 Å². The standard InChI is InChI=1S/C13H18N4O2/c14-13(17-19)10-3-1-2-9(6-10)7-15-11-4-5-12(18)16-8-11/h1-3,6,11,15,19H,4-5,7-8H2,(H2,14,17)(H,16,18). The Labute approximate surface area is 111 Å². The molecule has 19 heavy (non-hydrogen) atoms. The number of carbonyl (C=O) groups excluding carboxylic acids is 1. The van der Waals surface area contributed by atoms with Crippen LogP contribution in [-0.4, -0.2) is 29.5 Å². The monoisotopic (exact) mass is 262 g/mol. The third kappa shape index (κ3) is 3.69. The summed E-state index contributed by atoms with van der Waals surface area (Å²) in [6.07, 6.45) is 1.42. The van der Waals surface area contributed by atoms with Gasteiger partial charge < -0.3 is 21.6 Å². The zero-order valence-electron chi connectivity index (χ0n) is 10.6. The Morgan fingerprint density at radius 2 is 2.42 bits per heavy atom. The van der Waals surface area contributed by atoms with Crippen molar-refractivity contribution in [2.75, 3.05) is 6.54 Å². The molecule has 1 atom stereocenters. The Kier molecular flexibility index (Phi) is 4.35. The van der Waals surface area contributed by atoms with Gasteiger partial charge in [-0.2, -0.15) is 0 Å². The summed E-state index contributed by atoms with van der Waals surface area (Å²) in [7, 11) is 0. The lowest BCUT2D eigenvalue weighted by Crippen LogP contribution is -2.45. The molecule has 1 heterocycles. The minimum atomic E-state index is 0.103. The Morgan fingerprint density at radius 1 is 1.58 bits per heavy atom. The van der Waals surface area contributed by atoms with Crippen molar-refractivity contribution in [3.63, 3.8) is 0 Å². The number of amidine groups is 1. The van der Waals surface area contributed by atoms with Crippen molar-refractivity contribution < 1.29 is 10.0 Å². The molecule has 0 radical (unpaired) electrons. The number of nitrogens with zero attached hydrogens (tertiary/aromatic N) is 1. The second kappa shape index (κ2) is 6.19. The normalized spacial score (nSPS) is 20.1. The van der Waals surface area contributed by atoms with Crippen molar-refractivity contribution in [1.82, 2.24) is 10.6 Å². The fraction of sp³-hybridized carbons (Fsp3) is 0.385. The highest BCUT2D eigenvalue weighted by Crippen LogP contribution is 2.07. The van der Waals surface area contributed by atoms with E-state index in [1.54, 1.807) is 6.07 Å². The van der Waals surface area contributed by atoms with Crippen molar-refractivity contribution in [3.8, 4) is 0 Å². The summed E-state index contributed by atoms with van der Waals surface area (Å²) < 4.78 is 0. The minimum Gasteiger partial charge on any atom is -0.409 e. The lowest BCUT2D eigenvalue weighted by atomic mass is 10.1. The first kappa shape index (κ1) is 13.4. The minimum absolute atomic E-state index is 0.103. The zero-order valence-corrected chi connectivity index (χ0v) is 10.6. The number of hydrogen-bond acceptors (Lipinski definition) is 4. The van der Waals surface area contributed by atoms with E-state index in [1.807, 2.05) is 18.2 Å². The number of oxime groups is 1. The average molecular weight is 262 g/mol. The Balaban J connectivity index is 1.91. The van der Waals surface area contributed by atoms with Crippen LogP contribution in [0.4, 0.5) is 0 Å². The molecule has 102 valence electrons. The quantitative estimate of drug-likeness (QED) is 0.268. The molecule has 0 spiro atoms. The number of nitrogens with two attached hydrogens (primary N) is 1. The van der Waals surface area contributed by atoms with Crippen molar-refractivity contribution in [1.29, 1.82) is 0 Å². The van der Waals surface area contributed by atoms with Gasteiger partial charge in [-0.3, -0.25) is 4.79 Å². The maximum Gasteiger partial charge on any atom is 0.220 e. The summed E-state index contributed by atoms with van der Waals surface area (Å²) in [4.78, 5) is 11.0. The zero-order chi connectivity index (χ0) is 13.7. The van der Waals surface area contributed by atoms with Gasteiger partial charge in [0.25, 0.3) is 0 Å². The van der Waals surface area contributed by atoms with E-state index in [0.717, 1.165) is 12.0 Å². The lowest BCUT2D eigenvalue weighted by Gasteiger charge is -2.23. The van der Waals surface area contributed by atoms with Crippen LogP contribution in [-0.2, 0) is 11.3 Å². The van der Waals surface area contributed by atoms with Crippen LogP contribution in [0.15, 0.2) is 29.4 Å². The molecule has 1 aromatic carbocycles. The average Bonchev–Trinajstić information content (AvgIpc) is 2.46. The first-order valence-electron chi connectivity index (χ1n) is 6.26. The number of hydrogen-bond donors (Lipinski definition) is 4. The number of nitrogens with one attached hydrogen (secondary N) is 2. The van der Waals surface area contributed by atoms with E-state index in [-0.39, 0.29) is 11.7 Å². The van der Waals surface area contributed by atoms with Gasteiger partial charge in [0.1, 0.15) is 0 Å². The van der Waals surface area contributed by atoms with Gasteiger partial charge in [-0.15, -0.1) is 0 Å². The Morgan fingerprint density at radius 3 is 3.11 bits per heavy atom. The van der Waals surface area contributed by atoms with Crippen LogP contribution in [0.3, 0.4) is 0 Å². The number of carbonyl (C=O) groups is 1. The van der Waals surface area contributed by atoms with E-state index in [4.69, 9.17) is 10.9 Å².